The van der Waals surface area contributed by atoms with Gasteiger partial charge in [-0.1, -0.05) is 48.5 Å². The van der Waals surface area contributed by atoms with Crippen LogP contribution in [-0.4, -0.2) is 22.1 Å². The number of benzene rings is 3. The van der Waals surface area contributed by atoms with Gasteiger partial charge in [-0.3, -0.25) is 9.59 Å². The third-order valence-corrected chi connectivity index (χ3v) is 5.93. The normalized spacial score (nSPS) is 10.9. The highest BCUT2D eigenvalue weighted by Crippen LogP contribution is 2.28. The summed E-state index contributed by atoms with van der Waals surface area (Å²) in [5.41, 5.74) is 7.59. The van der Waals surface area contributed by atoms with E-state index in [0.717, 1.165) is 15.8 Å². The lowest BCUT2D eigenvalue weighted by Gasteiger charge is -2.13. The Morgan fingerprint density at radius 2 is 1.68 bits per heavy atom. The number of carbonyl (C=O) groups is 2. The zero-order chi connectivity index (χ0) is 21.8. The van der Waals surface area contributed by atoms with E-state index in [1.165, 1.54) is 17.8 Å². The maximum absolute atomic E-state index is 14.3. The van der Waals surface area contributed by atoms with E-state index in [4.69, 9.17) is 5.73 Å². The summed E-state index contributed by atoms with van der Waals surface area (Å²) in [5, 5.41) is 3.82. The smallest absolute Gasteiger partial charge is 0.272 e. The van der Waals surface area contributed by atoms with Crippen LogP contribution >= 0.6 is 11.8 Å². The van der Waals surface area contributed by atoms with Gasteiger partial charge < -0.3 is 15.6 Å². The van der Waals surface area contributed by atoms with Gasteiger partial charge in [-0.05, 0) is 30.3 Å². The summed E-state index contributed by atoms with van der Waals surface area (Å²) in [4.78, 5) is 25.1. The maximum Gasteiger partial charge on any atom is 0.272 e. The summed E-state index contributed by atoms with van der Waals surface area (Å²) < 4.78 is 16.1. The summed E-state index contributed by atoms with van der Waals surface area (Å²) in [7, 11) is 0. The van der Waals surface area contributed by atoms with Gasteiger partial charge in [0.05, 0.1) is 18.0 Å². The van der Waals surface area contributed by atoms with Crippen LogP contribution < -0.4 is 11.1 Å². The van der Waals surface area contributed by atoms with E-state index in [1.54, 1.807) is 36.4 Å². The number of aromatic nitrogens is 1. The topological polar surface area (TPSA) is 77.1 Å². The highest BCUT2D eigenvalue weighted by atomic mass is 32.2. The number of nitrogens with one attached hydrogen (secondary N) is 1. The number of rotatable bonds is 7. The molecule has 1 heterocycles. The first-order valence-electron chi connectivity index (χ1n) is 9.66. The molecular formula is C24H20FN3O2S. The van der Waals surface area contributed by atoms with Crippen molar-refractivity contribution in [1.29, 1.82) is 0 Å². The molecule has 5 nitrogen and oxygen atoms in total. The number of hydrogen-bond donors (Lipinski definition) is 2. The van der Waals surface area contributed by atoms with Gasteiger partial charge in [0.2, 0.25) is 5.91 Å². The number of para-hydroxylation sites is 2. The molecule has 4 aromatic rings. The van der Waals surface area contributed by atoms with Crippen molar-refractivity contribution >= 4 is 40.2 Å². The van der Waals surface area contributed by atoms with Crippen LogP contribution in [0.15, 0.2) is 83.8 Å². The first-order chi connectivity index (χ1) is 15.0. The Kier molecular flexibility index (Phi) is 6.04. The van der Waals surface area contributed by atoms with E-state index in [2.05, 4.69) is 5.32 Å². The number of amides is 2. The standard InChI is InChI=1S/C24H20FN3O2S/c25-18-9-3-1-8-17(18)14-28-20-11-5-2-7-16(20)13-21(28)24(30)27-19-10-4-6-12-22(19)31-15-23(26)29/h1-13H,14-15H2,(H2,26,29)(H,27,30). The molecule has 0 fully saturated rings. The molecule has 2 amide bonds. The fraction of sp³-hybridized carbons (Fsp3) is 0.0833. The number of thioether (sulfide) groups is 1. The monoisotopic (exact) mass is 433 g/mol. The second kappa shape index (κ2) is 9.06. The Morgan fingerprint density at radius 3 is 2.48 bits per heavy atom. The molecular weight excluding hydrogens is 413 g/mol. The minimum absolute atomic E-state index is 0.112. The van der Waals surface area contributed by atoms with Crippen molar-refractivity contribution in [3.63, 3.8) is 0 Å². The van der Waals surface area contributed by atoms with Crippen molar-refractivity contribution in [1.82, 2.24) is 4.57 Å². The minimum Gasteiger partial charge on any atom is -0.369 e. The molecule has 156 valence electrons. The Labute approximate surface area is 183 Å². The largest absolute Gasteiger partial charge is 0.369 e. The lowest BCUT2D eigenvalue weighted by atomic mass is 10.2. The van der Waals surface area contributed by atoms with Gasteiger partial charge in [0.1, 0.15) is 11.5 Å². The average Bonchev–Trinajstić information content (AvgIpc) is 3.13. The fourth-order valence-corrected chi connectivity index (χ4v) is 4.14. The molecule has 1 aromatic heterocycles. The quantitative estimate of drug-likeness (QED) is 0.416. The first kappa shape index (κ1) is 20.7. The van der Waals surface area contributed by atoms with Crippen LogP contribution in [0.2, 0.25) is 0 Å². The molecule has 0 aliphatic rings. The van der Waals surface area contributed by atoms with Crippen molar-refractivity contribution in [2.45, 2.75) is 11.4 Å². The van der Waals surface area contributed by atoms with Gasteiger partial charge in [0, 0.05) is 21.4 Å². The van der Waals surface area contributed by atoms with Gasteiger partial charge in [-0.25, -0.2) is 4.39 Å². The second-order valence-electron chi connectivity index (χ2n) is 6.97. The number of nitrogens with zero attached hydrogens (tertiary/aromatic N) is 1. The Balaban J connectivity index is 1.69. The number of fused-ring (bicyclic) bond motifs is 1. The molecule has 0 atom stereocenters. The fourth-order valence-electron chi connectivity index (χ4n) is 3.40. The van der Waals surface area contributed by atoms with Gasteiger partial charge in [0.25, 0.3) is 5.91 Å². The number of carbonyl (C=O) groups excluding carboxylic acids is 2. The van der Waals surface area contributed by atoms with Crippen molar-refractivity contribution < 1.29 is 14.0 Å². The summed E-state index contributed by atoms with van der Waals surface area (Å²) >= 11 is 1.26. The third kappa shape index (κ3) is 4.62. The van der Waals surface area contributed by atoms with Crippen LogP contribution in [0.5, 0.6) is 0 Å². The second-order valence-corrected chi connectivity index (χ2v) is 7.99. The van der Waals surface area contributed by atoms with E-state index in [9.17, 15) is 14.0 Å². The summed E-state index contributed by atoms with van der Waals surface area (Å²) in [6, 6.07) is 23.2. The zero-order valence-corrected chi connectivity index (χ0v) is 17.4. The highest BCUT2D eigenvalue weighted by Gasteiger charge is 2.18. The van der Waals surface area contributed by atoms with Gasteiger partial charge in [-0.15, -0.1) is 11.8 Å². The van der Waals surface area contributed by atoms with Gasteiger partial charge in [-0.2, -0.15) is 0 Å². The first-order valence-corrected chi connectivity index (χ1v) is 10.6. The molecule has 0 saturated carbocycles. The number of nitrogens with two attached hydrogens (primary N) is 1. The molecule has 4 rings (SSSR count). The van der Waals surface area contributed by atoms with Crippen LogP contribution in [0.1, 0.15) is 16.1 Å². The summed E-state index contributed by atoms with van der Waals surface area (Å²) in [5.74, 6) is -0.962. The van der Waals surface area contributed by atoms with Crippen LogP contribution in [0.3, 0.4) is 0 Å². The van der Waals surface area contributed by atoms with Crippen molar-refractivity contribution in [3.8, 4) is 0 Å². The Hall–Kier alpha value is -3.58. The summed E-state index contributed by atoms with van der Waals surface area (Å²) in [6.07, 6.45) is 0. The molecule has 0 radical (unpaired) electrons. The molecule has 0 aliphatic carbocycles. The molecule has 0 saturated heterocycles. The molecule has 0 bridgehead atoms. The van der Waals surface area contributed by atoms with Crippen molar-refractivity contribution in [3.05, 3.63) is 95.9 Å². The van der Waals surface area contributed by atoms with Crippen molar-refractivity contribution in [2.24, 2.45) is 5.73 Å². The predicted octanol–water partition coefficient (Wildman–Crippen LogP) is 4.66. The lowest BCUT2D eigenvalue weighted by Crippen LogP contribution is -2.18. The average molecular weight is 434 g/mol. The molecule has 0 aliphatic heterocycles. The Bertz CT molecular complexity index is 1270. The van der Waals surface area contributed by atoms with E-state index in [0.29, 0.717) is 16.9 Å². The number of primary amides is 1. The minimum atomic E-state index is -0.434. The third-order valence-electron chi connectivity index (χ3n) is 4.83. The SMILES string of the molecule is NC(=O)CSc1ccccc1NC(=O)c1cc2ccccc2n1Cc1ccccc1F. The van der Waals surface area contributed by atoms with Crippen LogP contribution in [0.4, 0.5) is 10.1 Å². The van der Waals surface area contributed by atoms with E-state index in [-0.39, 0.29) is 24.0 Å². The molecule has 3 N–H and O–H groups in total. The molecule has 0 unspecified atom stereocenters. The van der Waals surface area contributed by atoms with Crippen LogP contribution in [0.25, 0.3) is 10.9 Å². The Morgan fingerprint density at radius 1 is 0.968 bits per heavy atom. The number of halogens is 1. The van der Waals surface area contributed by atoms with E-state index >= 15 is 0 Å². The summed E-state index contributed by atoms with van der Waals surface area (Å²) in [6.45, 7) is 0.223. The molecule has 3 aromatic carbocycles. The number of anilines is 1. The maximum atomic E-state index is 14.3. The molecule has 31 heavy (non-hydrogen) atoms. The van der Waals surface area contributed by atoms with E-state index in [1.807, 2.05) is 41.0 Å². The molecule has 0 spiro atoms. The van der Waals surface area contributed by atoms with Crippen LogP contribution in [0, 0.1) is 5.82 Å². The lowest BCUT2D eigenvalue weighted by molar-refractivity contribution is -0.115. The zero-order valence-electron chi connectivity index (χ0n) is 16.5. The number of hydrogen-bond acceptors (Lipinski definition) is 3. The van der Waals surface area contributed by atoms with E-state index < -0.39 is 5.91 Å². The van der Waals surface area contributed by atoms with Gasteiger partial charge in [0.15, 0.2) is 0 Å². The van der Waals surface area contributed by atoms with Crippen molar-refractivity contribution in [2.75, 3.05) is 11.1 Å². The highest BCUT2D eigenvalue weighted by molar-refractivity contribution is 8.00. The van der Waals surface area contributed by atoms with Crippen LogP contribution in [-0.2, 0) is 11.3 Å². The predicted molar refractivity (Wildman–Crippen MR) is 122 cm³/mol. The van der Waals surface area contributed by atoms with Gasteiger partial charge >= 0.3 is 0 Å². The molecule has 7 heteroatoms.